The SMILES string of the molecule is CCPB(C)CC. The predicted octanol–water partition coefficient (Wildman–Crippen LogP) is 2.33. The molecule has 0 rings (SSSR count). The summed E-state index contributed by atoms with van der Waals surface area (Å²) < 4.78 is 0. The van der Waals surface area contributed by atoms with Crippen LogP contribution in [-0.4, -0.2) is 12.6 Å². The first kappa shape index (κ1) is 7.49. The first-order chi connectivity index (χ1) is 3.31. The van der Waals surface area contributed by atoms with Crippen molar-refractivity contribution in [1.82, 2.24) is 0 Å². The maximum absolute atomic E-state index is 2.32. The van der Waals surface area contributed by atoms with Crippen molar-refractivity contribution in [3.05, 3.63) is 0 Å². The van der Waals surface area contributed by atoms with Crippen LogP contribution in [0.3, 0.4) is 0 Å². The predicted molar refractivity (Wildman–Crippen MR) is 41.0 cm³/mol. The Labute approximate surface area is 48.9 Å². The van der Waals surface area contributed by atoms with E-state index in [4.69, 9.17) is 0 Å². The summed E-state index contributed by atoms with van der Waals surface area (Å²) in [5, 5.41) is 0. The zero-order valence-electron chi connectivity index (χ0n) is 5.49. The highest BCUT2D eigenvalue weighted by atomic mass is 31.1. The third kappa shape index (κ3) is 4.35. The highest BCUT2D eigenvalue weighted by Gasteiger charge is 1.97. The number of hydrogen-bond acceptors (Lipinski definition) is 0. The van der Waals surface area contributed by atoms with Crippen LogP contribution in [-0.2, 0) is 0 Å². The molecule has 1 atom stereocenters. The highest BCUT2D eigenvalue weighted by molar-refractivity contribution is 7.75. The van der Waals surface area contributed by atoms with Crippen LogP contribution in [0.5, 0.6) is 0 Å². The van der Waals surface area contributed by atoms with Gasteiger partial charge in [0.25, 0.3) is 0 Å². The largest absolute Gasteiger partial charge is 0.163 e. The van der Waals surface area contributed by atoms with Crippen molar-refractivity contribution in [1.29, 1.82) is 0 Å². The maximum atomic E-state index is 2.32. The summed E-state index contributed by atoms with van der Waals surface area (Å²) in [5.74, 6) is 0. The Bertz CT molecular complexity index is 39.1. The van der Waals surface area contributed by atoms with E-state index >= 15 is 0 Å². The molecule has 0 radical (unpaired) electrons. The average molecular weight is 116 g/mol. The fraction of sp³-hybridized carbons (Fsp3) is 1.00. The Hall–Kier alpha value is 0.495. The summed E-state index contributed by atoms with van der Waals surface area (Å²) in [4.78, 5) is 0. The molecule has 7 heavy (non-hydrogen) atoms. The smallest absolute Gasteiger partial charge is 0.156 e. The molecule has 1 unspecified atom stereocenters. The summed E-state index contributed by atoms with van der Waals surface area (Å²) in [7, 11) is 1.19. The normalized spacial score (nSPS) is 10.7. The lowest BCUT2D eigenvalue weighted by Crippen LogP contribution is -1.94. The Morgan fingerprint density at radius 2 is 2.00 bits per heavy atom. The molecular weight excluding hydrogens is 102 g/mol. The van der Waals surface area contributed by atoms with Crippen molar-refractivity contribution < 1.29 is 0 Å². The molecule has 0 aromatic rings. The zero-order chi connectivity index (χ0) is 5.70. The van der Waals surface area contributed by atoms with Crippen molar-refractivity contribution in [3.63, 3.8) is 0 Å². The van der Waals surface area contributed by atoms with Gasteiger partial charge in [0.2, 0.25) is 0 Å². The quantitative estimate of drug-likeness (QED) is 0.392. The molecule has 0 fully saturated rings. The van der Waals surface area contributed by atoms with Gasteiger partial charge in [-0.1, -0.05) is 27.0 Å². The van der Waals surface area contributed by atoms with Crippen molar-refractivity contribution in [2.75, 3.05) is 6.16 Å². The van der Waals surface area contributed by atoms with E-state index in [1.165, 1.54) is 20.9 Å². The molecule has 42 valence electrons. The minimum atomic E-state index is 0.977. The molecule has 0 amide bonds. The molecule has 0 saturated carbocycles. The maximum Gasteiger partial charge on any atom is 0.163 e. The van der Waals surface area contributed by atoms with Crippen LogP contribution in [0.2, 0.25) is 13.1 Å². The lowest BCUT2D eigenvalue weighted by atomic mass is 9.76. The van der Waals surface area contributed by atoms with Gasteiger partial charge in [0, 0.05) is 0 Å². The lowest BCUT2D eigenvalue weighted by molar-refractivity contribution is 1.44. The summed E-state index contributed by atoms with van der Waals surface area (Å²) in [5.41, 5.74) is 0. The standard InChI is InChI=1S/C5H14BP/c1-4-6(3)7-5-2/h7H,4-5H2,1-3H3. The Balaban J connectivity index is 2.83. The van der Waals surface area contributed by atoms with Gasteiger partial charge in [0.1, 0.15) is 0 Å². The van der Waals surface area contributed by atoms with E-state index in [0.717, 1.165) is 6.43 Å². The van der Waals surface area contributed by atoms with Gasteiger partial charge in [0.05, 0.1) is 0 Å². The third-order valence-corrected chi connectivity index (χ3v) is 2.68. The fourth-order valence-electron chi connectivity index (χ4n) is 0.493. The van der Waals surface area contributed by atoms with Gasteiger partial charge in [-0.2, -0.15) is 8.46 Å². The molecule has 0 saturated heterocycles. The van der Waals surface area contributed by atoms with Crippen molar-refractivity contribution in [2.24, 2.45) is 0 Å². The van der Waals surface area contributed by atoms with Gasteiger partial charge < -0.3 is 0 Å². The average Bonchev–Trinajstić information content (AvgIpc) is 1.68. The van der Waals surface area contributed by atoms with E-state index in [1.807, 2.05) is 0 Å². The number of rotatable bonds is 3. The molecule has 0 spiro atoms. The van der Waals surface area contributed by atoms with Crippen molar-refractivity contribution in [3.8, 4) is 0 Å². The van der Waals surface area contributed by atoms with Crippen LogP contribution in [0.25, 0.3) is 0 Å². The fourth-order valence-corrected chi connectivity index (χ4v) is 1.48. The Kier molecular flexibility index (Phi) is 4.98. The molecule has 0 aliphatic rings. The first-order valence-electron chi connectivity index (χ1n) is 3.04. The molecule has 0 nitrogen and oxygen atoms in total. The molecule has 0 heterocycles. The van der Waals surface area contributed by atoms with Gasteiger partial charge in [-0.15, -0.1) is 0 Å². The molecule has 2 heteroatoms. The zero-order valence-corrected chi connectivity index (χ0v) is 6.49. The van der Waals surface area contributed by atoms with E-state index in [9.17, 15) is 0 Å². The van der Waals surface area contributed by atoms with E-state index in [-0.39, 0.29) is 0 Å². The van der Waals surface area contributed by atoms with E-state index < -0.39 is 0 Å². The van der Waals surface area contributed by atoms with Gasteiger partial charge in [-0.3, -0.25) is 0 Å². The second kappa shape index (κ2) is 4.65. The molecule has 0 bridgehead atoms. The Morgan fingerprint density at radius 3 is 2.14 bits per heavy atom. The van der Waals surface area contributed by atoms with Crippen LogP contribution in [0.4, 0.5) is 0 Å². The van der Waals surface area contributed by atoms with Gasteiger partial charge in [0.15, 0.2) is 6.43 Å². The van der Waals surface area contributed by atoms with Gasteiger partial charge in [-0.25, -0.2) is 0 Å². The minimum Gasteiger partial charge on any atom is -0.156 e. The van der Waals surface area contributed by atoms with Crippen LogP contribution in [0.1, 0.15) is 13.8 Å². The van der Waals surface area contributed by atoms with Gasteiger partial charge in [-0.05, 0) is 6.16 Å². The monoisotopic (exact) mass is 116 g/mol. The molecule has 0 N–H and O–H groups in total. The topological polar surface area (TPSA) is 0 Å². The van der Waals surface area contributed by atoms with E-state index in [2.05, 4.69) is 20.7 Å². The van der Waals surface area contributed by atoms with E-state index in [1.54, 1.807) is 0 Å². The van der Waals surface area contributed by atoms with Crippen molar-refractivity contribution >= 4 is 14.9 Å². The summed E-state index contributed by atoms with van der Waals surface area (Å²) in [6, 6.07) is 0. The van der Waals surface area contributed by atoms with Crippen LogP contribution in [0, 0.1) is 0 Å². The molecule has 0 aromatic carbocycles. The van der Waals surface area contributed by atoms with Crippen LogP contribution >= 0.6 is 8.46 Å². The Morgan fingerprint density at radius 1 is 1.43 bits per heavy atom. The highest BCUT2D eigenvalue weighted by Crippen LogP contribution is 2.16. The summed E-state index contributed by atoms with van der Waals surface area (Å²) in [6.45, 7) is 6.83. The molecule has 0 aliphatic heterocycles. The van der Waals surface area contributed by atoms with Crippen LogP contribution in [0.15, 0.2) is 0 Å². The second-order valence-electron chi connectivity index (χ2n) is 1.87. The lowest BCUT2D eigenvalue weighted by Gasteiger charge is -1.98. The van der Waals surface area contributed by atoms with Crippen LogP contribution < -0.4 is 0 Å². The van der Waals surface area contributed by atoms with Gasteiger partial charge >= 0.3 is 0 Å². The summed E-state index contributed by atoms with van der Waals surface area (Å²) in [6.07, 6.45) is 3.70. The first-order valence-corrected chi connectivity index (χ1v) is 4.33. The second-order valence-corrected chi connectivity index (χ2v) is 3.97. The third-order valence-electron chi connectivity index (χ3n) is 1.16. The molecule has 0 aromatic heterocycles. The minimum absolute atomic E-state index is 0.977. The molecular formula is C5H14BP. The van der Waals surface area contributed by atoms with Crippen molar-refractivity contribution in [2.45, 2.75) is 27.0 Å². The van der Waals surface area contributed by atoms with E-state index in [0.29, 0.717) is 0 Å². The number of hydrogen-bond donors (Lipinski definition) is 0. The summed E-state index contributed by atoms with van der Waals surface area (Å²) >= 11 is 0. The molecule has 0 aliphatic carbocycles.